The molecule has 0 radical (unpaired) electrons. The summed E-state index contributed by atoms with van der Waals surface area (Å²) in [6.07, 6.45) is 1.49. The fraction of sp³-hybridized carbons (Fsp3) is 0.286. The van der Waals surface area contributed by atoms with Crippen LogP contribution in [0.2, 0.25) is 0 Å². The predicted octanol–water partition coefficient (Wildman–Crippen LogP) is 2.10. The summed E-state index contributed by atoms with van der Waals surface area (Å²) in [7, 11) is 1.46. The van der Waals surface area contributed by atoms with Crippen molar-refractivity contribution in [3.8, 4) is 0 Å². The topological polar surface area (TPSA) is 90.5 Å². The minimum absolute atomic E-state index is 0.154. The van der Waals surface area contributed by atoms with Gasteiger partial charge in [0, 0.05) is 32.2 Å². The summed E-state index contributed by atoms with van der Waals surface area (Å²) >= 11 is 0. The summed E-state index contributed by atoms with van der Waals surface area (Å²) in [4.78, 5) is 37.7. The van der Waals surface area contributed by atoms with Crippen LogP contribution in [0.15, 0.2) is 54.6 Å². The third-order valence-electron chi connectivity index (χ3n) is 4.69. The van der Waals surface area contributed by atoms with Crippen LogP contribution < -0.4 is 20.9 Å². The molecule has 1 saturated heterocycles. The van der Waals surface area contributed by atoms with Gasteiger partial charge < -0.3 is 10.2 Å². The van der Waals surface area contributed by atoms with Crippen molar-refractivity contribution in [2.75, 3.05) is 18.5 Å². The summed E-state index contributed by atoms with van der Waals surface area (Å²) in [6.45, 7) is 1.20. The molecular formula is C21H24N4O3. The monoisotopic (exact) mass is 380 g/mol. The Labute approximate surface area is 164 Å². The molecule has 146 valence electrons. The number of rotatable bonds is 6. The number of nitrogens with one attached hydrogen (secondary N) is 3. The first-order valence-corrected chi connectivity index (χ1v) is 9.28. The average molecular weight is 380 g/mol. The van der Waals surface area contributed by atoms with E-state index in [9.17, 15) is 14.4 Å². The summed E-state index contributed by atoms with van der Waals surface area (Å²) in [5.41, 5.74) is 2.63. The number of hydrogen-bond acceptors (Lipinski definition) is 4. The van der Waals surface area contributed by atoms with E-state index in [0.29, 0.717) is 13.0 Å². The fourth-order valence-corrected chi connectivity index (χ4v) is 3.19. The molecular weight excluding hydrogens is 356 g/mol. The summed E-state index contributed by atoms with van der Waals surface area (Å²) < 4.78 is 0. The minimum atomic E-state index is -0.668. The van der Waals surface area contributed by atoms with E-state index in [-0.39, 0.29) is 5.91 Å². The molecule has 0 spiro atoms. The molecule has 28 heavy (non-hydrogen) atoms. The number of hydrogen-bond donors (Lipinski definition) is 3. The Hall–Kier alpha value is -3.19. The van der Waals surface area contributed by atoms with E-state index in [2.05, 4.69) is 16.0 Å². The van der Waals surface area contributed by atoms with Gasteiger partial charge in [0.1, 0.15) is 6.04 Å². The second kappa shape index (κ2) is 9.14. The van der Waals surface area contributed by atoms with Crippen LogP contribution in [0.3, 0.4) is 0 Å². The van der Waals surface area contributed by atoms with Gasteiger partial charge in [-0.2, -0.15) is 0 Å². The van der Waals surface area contributed by atoms with E-state index in [1.54, 1.807) is 4.90 Å². The zero-order chi connectivity index (χ0) is 19.9. The van der Waals surface area contributed by atoms with Crippen molar-refractivity contribution >= 4 is 23.5 Å². The number of urea groups is 1. The average Bonchev–Trinajstić information content (AvgIpc) is 3.15. The number of carbonyl (C=O) groups is 3. The predicted molar refractivity (Wildman–Crippen MR) is 107 cm³/mol. The Kier molecular flexibility index (Phi) is 6.39. The van der Waals surface area contributed by atoms with Crippen LogP contribution in [-0.4, -0.2) is 31.4 Å². The minimum Gasteiger partial charge on any atom is -0.341 e. The quantitative estimate of drug-likeness (QED) is 0.716. The van der Waals surface area contributed by atoms with Crippen LogP contribution in [0, 0.1) is 0 Å². The molecule has 7 nitrogen and oxygen atoms in total. The maximum absolute atomic E-state index is 12.5. The van der Waals surface area contributed by atoms with Gasteiger partial charge in [0.25, 0.3) is 0 Å². The first-order chi connectivity index (χ1) is 13.6. The zero-order valence-corrected chi connectivity index (χ0v) is 15.8. The van der Waals surface area contributed by atoms with Crippen LogP contribution in [0.25, 0.3) is 0 Å². The highest BCUT2D eigenvalue weighted by Crippen LogP contribution is 2.22. The number of imide groups is 1. The molecule has 2 aromatic carbocycles. The fourth-order valence-electron chi connectivity index (χ4n) is 3.19. The van der Waals surface area contributed by atoms with Crippen molar-refractivity contribution in [1.29, 1.82) is 0 Å². The second-order valence-electron chi connectivity index (χ2n) is 6.61. The molecule has 1 heterocycles. The summed E-state index contributed by atoms with van der Waals surface area (Å²) in [5, 5.41) is 7.91. The molecule has 7 heteroatoms. The Morgan fingerprint density at radius 2 is 1.79 bits per heavy atom. The molecule has 0 aliphatic carbocycles. The van der Waals surface area contributed by atoms with Crippen LogP contribution >= 0.6 is 0 Å². The maximum atomic E-state index is 12.5. The van der Waals surface area contributed by atoms with Gasteiger partial charge in [-0.05, 0) is 29.7 Å². The van der Waals surface area contributed by atoms with E-state index in [1.807, 2.05) is 54.6 Å². The maximum Gasteiger partial charge on any atom is 0.321 e. The lowest BCUT2D eigenvalue weighted by molar-refractivity contribution is -0.122. The smallest absolute Gasteiger partial charge is 0.321 e. The molecule has 1 aliphatic rings. The highest BCUT2D eigenvalue weighted by atomic mass is 16.2. The van der Waals surface area contributed by atoms with Gasteiger partial charge in [-0.3, -0.25) is 20.2 Å². The number of nitrogens with zero attached hydrogens (tertiary/aromatic N) is 1. The van der Waals surface area contributed by atoms with E-state index < -0.39 is 18.0 Å². The molecule has 3 rings (SSSR count). The largest absolute Gasteiger partial charge is 0.341 e. The molecule has 0 bridgehead atoms. The van der Waals surface area contributed by atoms with Gasteiger partial charge >= 0.3 is 6.03 Å². The number of amides is 4. The van der Waals surface area contributed by atoms with Crippen LogP contribution in [0.5, 0.6) is 0 Å². The molecule has 3 N–H and O–H groups in total. The van der Waals surface area contributed by atoms with Crippen molar-refractivity contribution < 1.29 is 14.4 Å². The first kappa shape index (κ1) is 19.6. The Bertz CT molecular complexity index is 836. The Balaban J connectivity index is 1.68. The van der Waals surface area contributed by atoms with Crippen LogP contribution in [-0.2, 0) is 16.1 Å². The molecule has 1 fully saturated rings. The highest BCUT2D eigenvalue weighted by Gasteiger charge is 2.23. The third kappa shape index (κ3) is 4.75. The lowest BCUT2D eigenvalue weighted by Crippen LogP contribution is -2.44. The first-order valence-electron chi connectivity index (χ1n) is 9.28. The van der Waals surface area contributed by atoms with Crippen molar-refractivity contribution in [2.45, 2.75) is 25.4 Å². The SMILES string of the molecule is CNC(=O)NC(=O)[C@@H](NCc1ccc(N2CCCC2=O)cc1)c1ccccc1. The molecule has 0 unspecified atom stereocenters. The molecule has 4 amide bonds. The van der Waals surface area contributed by atoms with Gasteiger partial charge in [0.15, 0.2) is 0 Å². The normalized spacial score (nSPS) is 14.6. The summed E-state index contributed by atoms with van der Waals surface area (Å²) in [5.74, 6) is -0.272. The van der Waals surface area contributed by atoms with Gasteiger partial charge in [0.2, 0.25) is 11.8 Å². The number of anilines is 1. The Morgan fingerprint density at radius 3 is 2.39 bits per heavy atom. The Morgan fingerprint density at radius 1 is 1.07 bits per heavy atom. The van der Waals surface area contributed by atoms with Crippen molar-refractivity contribution in [3.05, 3.63) is 65.7 Å². The molecule has 0 aromatic heterocycles. The van der Waals surface area contributed by atoms with Gasteiger partial charge in [-0.25, -0.2) is 4.79 Å². The van der Waals surface area contributed by atoms with Crippen LogP contribution in [0.4, 0.5) is 10.5 Å². The summed E-state index contributed by atoms with van der Waals surface area (Å²) in [6, 6.07) is 15.7. The van der Waals surface area contributed by atoms with E-state index in [1.165, 1.54) is 7.05 Å². The van der Waals surface area contributed by atoms with Crippen LogP contribution in [0.1, 0.15) is 30.0 Å². The van der Waals surface area contributed by atoms with Gasteiger partial charge in [-0.15, -0.1) is 0 Å². The third-order valence-corrected chi connectivity index (χ3v) is 4.69. The number of carbonyl (C=O) groups excluding carboxylic acids is 3. The highest BCUT2D eigenvalue weighted by molar-refractivity contribution is 5.97. The lowest BCUT2D eigenvalue weighted by Gasteiger charge is -2.19. The molecule has 0 saturated carbocycles. The van der Waals surface area contributed by atoms with E-state index in [0.717, 1.165) is 29.8 Å². The van der Waals surface area contributed by atoms with Gasteiger partial charge in [-0.1, -0.05) is 42.5 Å². The molecule has 1 aliphatic heterocycles. The number of benzene rings is 2. The van der Waals surface area contributed by atoms with Gasteiger partial charge in [0.05, 0.1) is 0 Å². The molecule has 2 aromatic rings. The zero-order valence-electron chi connectivity index (χ0n) is 15.8. The second-order valence-corrected chi connectivity index (χ2v) is 6.61. The lowest BCUT2D eigenvalue weighted by atomic mass is 10.1. The standard InChI is InChI=1S/C21H24N4O3/c1-22-21(28)24-20(27)19(16-6-3-2-4-7-16)23-14-15-9-11-17(12-10-15)25-13-5-8-18(25)26/h2-4,6-7,9-12,19,23H,5,8,13-14H2,1H3,(H2,22,24,27,28)/t19-/m0/s1. The molecule has 1 atom stereocenters. The van der Waals surface area contributed by atoms with Crippen molar-refractivity contribution in [3.63, 3.8) is 0 Å². The van der Waals surface area contributed by atoms with Crippen molar-refractivity contribution in [2.24, 2.45) is 0 Å². The van der Waals surface area contributed by atoms with E-state index in [4.69, 9.17) is 0 Å². The van der Waals surface area contributed by atoms with E-state index >= 15 is 0 Å². The van der Waals surface area contributed by atoms with Crippen molar-refractivity contribution in [1.82, 2.24) is 16.0 Å².